The second-order valence-electron chi connectivity index (χ2n) is 6.51. The molecule has 2 saturated carbocycles. The summed E-state index contributed by atoms with van der Waals surface area (Å²) >= 11 is 0. The molecular formula is C18H23NO5. The largest absolute Gasteiger partial charge is 0.493 e. The molecule has 2 N–H and O–H groups in total. The van der Waals surface area contributed by atoms with Crippen molar-refractivity contribution in [1.82, 2.24) is 5.32 Å². The van der Waals surface area contributed by atoms with Crippen molar-refractivity contribution in [3.8, 4) is 11.5 Å². The minimum absolute atomic E-state index is 0.198. The van der Waals surface area contributed by atoms with E-state index in [9.17, 15) is 9.59 Å². The standard InChI is InChI=1S/C18H23NO5/c1-23-15-7-6-11(8-16(15)24-12-4-2-3-5-12)10-19-17(20)13-9-14(13)18(21)22/h6-8,12-14H,2-5,9-10H2,1H3,(H,19,20)(H,21,22)/t13-,14-/m0/s1. The van der Waals surface area contributed by atoms with E-state index in [1.54, 1.807) is 7.11 Å². The van der Waals surface area contributed by atoms with Gasteiger partial charge in [-0.2, -0.15) is 0 Å². The minimum atomic E-state index is -0.896. The normalized spacial score (nSPS) is 22.9. The minimum Gasteiger partial charge on any atom is -0.493 e. The van der Waals surface area contributed by atoms with Crippen LogP contribution in [0.25, 0.3) is 0 Å². The summed E-state index contributed by atoms with van der Waals surface area (Å²) < 4.78 is 11.4. The lowest BCUT2D eigenvalue weighted by atomic mass is 10.2. The Kier molecular flexibility index (Phi) is 4.92. The Labute approximate surface area is 141 Å². The lowest BCUT2D eigenvalue weighted by molar-refractivity contribution is -0.140. The van der Waals surface area contributed by atoms with Crippen molar-refractivity contribution in [2.24, 2.45) is 11.8 Å². The smallest absolute Gasteiger partial charge is 0.307 e. The maximum absolute atomic E-state index is 11.9. The SMILES string of the molecule is COc1ccc(CNC(=O)[C@H]2C[C@@H]2C(=O)O)cc1OC1CCCC1. The summed E-state index contributed by atoms with van der Waals surface area (Å²) in [7, 11) is 1.61. The van der Waals surface area contributed by atoms with Gasteiger partial charge in [-0.3, -0.25) is 9.59 Å². The molecule has 130 valence electrons. The summed E-state index contributed by atoms with van der Waals surface area (Å²) in [4.78, 5) is 22.8. The number of carboxylic acid groups (broad SMARTS) is 1. The average Bonchev–Trinajstić information content (AvgIpc) is 3.23. The maximum atomic E-state index is 11.9. The number of hydrogen-bond donors (Lipinski definition) is 2. The Bertz CT molecular complexity index is 624. The van der Waals surface area contributed by atoms with Crippen molar-refractivity contribution in [1.29, 1.82) is 0 Å². The molecule has 3 rings (SSSR count). The number of amides is 1. The van der Waals surface area contributed by atoms with Crippen LogP contribution in [0, 0.1) is 11.8 Å². The molecular weight excluding hydrogens is 310 g/mol. The summed E-state index contributed by atoms with van der Waals surface area (Å²) in [5.74, 6) is -0.628. The number of aliphatic carboxylic acids is 1. The van der Waals surface area contributed by atoms with Crippen molar-refractivity contribution >= 4 is 11.9 Å². The molecule has 1 aromatic rings. The number of carbonyl (C=O) groups is 2. The highest BCUT2D eigenvalue weighted by molar-refractivity contribution is 5.89. The van der Waals surface area contributed by atoms with Gasteiger partial charge in [0, 0.05) is 6.54 Å². The van der Waals surface area contributed by atoms with E-state index in [0.29, 0.717) is 24.5 Å². The van der Waals surface area contributed by atoms with Crippen LogP contribution in [-0.4, -0.2) is 30.2 Å². The van der Waals surface area contributed by atoms with Gasteiger partial charge in [-0.25, -0.2) is 0 Å². The van der Waals surface area contributed by atoms with Gasteiger partial charge in [0.15, 0.2) is 11.5 Å². The van der Waals surface area contributed by atoms with E-state index in [2.05, 4.69) is 5.32 Å². The van der Waals surface area contributed by atoms with Crippen molar-refractivity contribution < 1.29 is 24.2 Å². The Morgan fingerprint density at radius 2 is 1.96 bits per heavy atom. The van der Waals surface area contributed by atoms with Gasteiger partial charge in [0.1, 0.15) is 0 Å². The number of carbonyl (C=O) groups excluding carboxylic acids is 1. The fourth-order valence-electron chi connectivity index (χ4n) is 3.19. The zero-order chi connectivity index (χ0) is 17.1. The molecule has 0 aromatic heterocycles. The van der Waals surface area contributed by atoms with Gasteiger partial charge in [-0.1, -0.05) is 6.07 Å². The molecule has 0 radical (unpaired) electrons. The highest BCUT2D eigenvalue weighted by Gasteiger charge is 2.48. The average molecular weight is 333 g/mol. The fraction of sp³-hybridized carbons (Fsp3) is 0.556. The Hall–Kier alpha value is -2.24. The van der Waals surface area contributed by atoms with Crippen molar-refractivity contribution in [2.45, 2.75) is 44.8 Å². The lowest BCUT2D eigenvalue weighted by Gasteiger charge is -2.17. The number of nitrogens with one attached hydrogen (secondary N) is 1. The number of ether oxygens (including phenoxy) is 2. The van der Waals surface area contributed by atoms with Gasteiger partial charge in [0.2, 0.25) is 5.91 Å². The van der Waals surface area contributed by atoms with Crippen LogP contribution in [0.5, 0.6) is 11.5 Å². The first kappa shape index (κ1) is 16.6. The highest BCUT2D eigenvalue weighted by Crippen LogP contribution is 2.38. The summed E-state index contributed by atoms with van der Waals surface area (Å²) in [6.07, 6.45) is 5.15. The number of methoxy groups -OCH3 is 1. The second-order valence-corrected chi connectivity index (χ2v) is 6.51. The third-order valence-corrected chi connectivity index (χ3v) is 4.74. The predicted octanol–water partition coefficient (Wildman–Crippen LogP) is 2.35. The van der Waals surface area contributed by atoms with E-state index >= 15 is 0 Å². The van der Waals surface area contributed by atoms with Crippen LogP contribution in [0.15, 0.2) is 18.2 Å². The van der Waals surface area contributed by atoms with Crippen molar-refractivity contribution in [3.05, 3.63) is 23.8 Å². The van der Waals surface area contributed by atoms with Crippen molar-refractivity contribution in [2.75, 3.05) is 7.11 Å². The van der Waals surface area contributed by atoms with Gasteiger partial charge in [0.05, 0.1) is 25.0 Å². The monoisotopic (exact) mass is 333 g/mol. The topological polar surface area (TPSA) is 84.9 Å². The Balaban J connectivity index is 1.59. The van der Waals surface area contributed by atoms with Crippen molar-refractivity contribution in [3.63, 3.8) is 0 Å². The van der Waals surface area contributed by atoms with Gasteiger partial charge in [-0.15, -0.1) is 0 Å². The molecule has 2 aliphatic rings. The van der Waals surface area contributed by atoms with Crippen LogP contribution in [0.1, 0.15) is 37.7 Å². The summed E-state index contributed by atoms with van der Waals surface area (Å²) in [5.41, 5.74) is 0.907. The van der Waals surface area contributed by atoms with Gasteiger partial charge < -0.3 is 19.9 Å². The van der Waals surface area contributed by atoms with E-state index < -0.39 is 17.8 Å². The molecule has 2 aliphatic carbocycles. The van der Waals surface area contributed by atoms with E-state index in [0.717, 1.165) is 18.4 Å². The highest BCUT2D eigenvalue weighted by atomic mass is 16.5. The first-order chi connectivity index (χ1) is 11.6. The Morgan fingerprint density at radius 1 is 1.21 bits per heavy atom. The van der Waals surface area contributed by atoms with Crippen LogP contribution in [-0.2, 0) is 16.1 Å². The number of hydrogen-bond acceptors (Lipinski definition) is 4. The van der Waals surface area contributed by atoms with Crippen LogP contribution in [0.4, 0.5) is 0 Å². The van der Waals surface area contributed by atoms with E-state index in [-0.39, 0.29) is 12.0 Å². The van der Waals surface area contributed by atoms with E-state index in [1.807, 2.05) is 18.2 Å². The lowest BCUT2D eigenvalue weighted by Crippen LogP contribution is -2.26. The quantitative estimate of drug-likeness (QED) is 0.800. The summed E-state index contributed by atoms with van der Waals surface area (Å²) in [5, 5.41) is 11.7. The molecule has 0 aliphatic heterocycles. The van der Waals surface area contributed by atoms with Gasteiger partial charge >= 0.3 is 5.97 Å². The second kappa shape index (κ2) is 7.11. The molecule has 0 heterocycles. The molecule has 0 saturated heterocycles. The Morgan fingerprint density at radius 3 is 2.58 bits per heavy atom. The number of rotatable bonds is 7. The molecule has 2 atom stereocenters. The summed E-state index contributed by atoms with van der Waals surface area (Å²) in [6, 6.07) is 5.60. The fourth-order valence-corrected chi connectivity index (χ4v) is 3.19. The van der Waals surface area contributed by atoms with Crippen LogP contribution in [0.2, 0.25) is 0 Å². The number of benzene rings is 1. The first-order valence-corrected chi connectivity index (χ1v) is 8.42. The number of carboxylic acids is 1. The molecule has 6 nitrogen and oxygen atoms in total. The summed E-state index contributed by atoms with van der Waals surface area (Å²) in [6.45, 7) is 0.354. The third-order valence-electron chi connectivity index (χ3n) is 4.74. The molecule has 0 bridgehead atoms. The third kappa shape index (κ3) is 3.80. The predicted molar refractivity (Wildman–Crippen MR) is 87.0 cm³/mol. The van der Waals surface area contributed by atoms with Crippen LogP contribution in [0.3, 0.4) is 0 Å². The molecule has 1 aromatic carbocycles. The van der Waals surface area contributed by atoms with E-state index in [1.165, 1.54) is 12.8 Å². The molecule has 24 heavy (non-hydrogen) atoms. The van der Waals surface area contributed by atoms with Crippen LogP contribution < -0.4 is 14.8 Å². The van der Waals surface area contributed by atoms with Gasteiger partial charge in [0.25, 0.3) is 0 Å². The molecule has 1 amide bonds. The van der Waals surface area contributed by atoms with E-state index in [4.69, 9.17) is 14.6 Å². The first-order valence-electron chi connectivity index (χ1n) is 8.42. The maximum Gasteiger partial charge on any atom is 0.307 e. The van der Waals surface area contributed by atoms with Crippen LogP contribution >= 0.6 is 0 Å². The zero-order valence-corrected chi connectivity index (χ0v) is 13.8. The molecule has 0 unspecified atom stereocenters. The zero-order valence-electron chi connectivity index (χ0n) is 13.8. The van der Waals surface area contributed by atoms with Gasteiger partial charge in [-0.05, 0) is 49.8 Å². The molecule has 6 heteroatoms. The molecule has 2 fully saturated rings. The molecule has 0 spiro atoms.